The maximum atomic E-state index is 12.9. The second-order valence-electron chi connectivity index (χ2n) is 7.76. The molecule has 0 unspecified atom stereocenters. The fourth-order valence-electron chi connectivity index (χ4n) is 3.08. The Balaban J connectivity index is 1.72. The molecule has 0 spiro atoms. The normalized spacial score (nSPS) is 10.6. The molecule has 3 rings (SSSR count). The first-order valence-corrected chi connectivity index (χ1v) is 11.4. The first-order chi connectivity index (χ1) is 17.8. The summed E-state index contributed by atoms with van der Waals surface area (Å²) >= 11 is 0. The van der Waals surface area contributed by atoms with Gasteiger partial charge in [0, 0.05) is 17.2 Å². The summed E-state index contributed by atoms with van der Waals surface area (Å²) in [5.41, 5.74) is 1.71. The molecule has 0 saturated heterocycles. The average molecular weight is 503 g/mol. The number of esters is 2. The molecule has 0 fully saturated rings. The van der Waals surface area contributed by atoms with Crippen LogP contribution in [0.15, 0.2) is 89.1 Å². The summed E-state index contributed by atoms with van der Waals surface area (Å²) in [6.07, 6.45) is 0. The van der Waals surface area contributed by atoms with Gasteiger partial charge in [0.2, 0.25) is 0 Å². The third-order valence-corrected chi connectivity index (χ3v) is 4.93. The van der Waals surface area contributed by atoms with E-state index in [1.807, 2.05) is 0 Å². The van der Waals surface area contributed by atoms with Crippen LogP contribution in [0.25, 0.3) is 0 Å². The highest BCUT2D eigenvalue weighted by Crippen LogP contribution is 2.36. The summed E-state index contributed by atoms with van der Waals surface area (Å²) in [5, 5.41) is 18.8. The fourth-order valence-corrected chi connectivity index (χ4v) is 3.08. The standard InChI is InChI=1S/C28H26N2O7/c1-4-35-25-17-24(31)22(26(32)19-8-6-5-7-9-19)16-23(25)30-29-21-12-10-20(11-13-21)28(34)37-15-14-36-27(33)18(2)3/h5-13,16-17,31H,2,4,14-15H2,1,3H3/b30-29+. The second-order valence-corrected chi connectivity index (χ2v) is 7.76. The lowest BCUT2D eigenvalue weighted by atomic mass is 10.0. The van der Waals surface area contributed by atoms with Crippen molar-refractivity contribution in [2.24, 2.45) is 10.2 Å². The number of nitrogens with zero attached hydrogens (tertiary/aromatic N) is 2. The number of aromatic hydroxyl groups is 1. The Kier molecular flexibility index (Phi) is 9.26. The number of azo groups is 1. The zero-order valence-corrected chi connectivity index (χ0v) is 20.5. The third kappa shape index (κ3) is 7.35. The van der Waals surface area contributed by atoms with E-state index in [1.54, 1.807) is 49.4 Å². The number of hydrogen-bond donors (Lipinski definition) is 1. The average Bonchev–Trinajstić information content (AvgIpc) is 2.91. The van der Waals surface area contributed by atoms with Gasteiger partial charge in [-0.3, -0.25) is 4.79 Å². The minimum Gasteiger partial charge on any atom is -0.507 e. The molecule has 0 amide bonds. The smallest absolute Gasteiger partial charge is 0.338 e. The first-order valence-electron chi connectivity index (χ1n) is 11.4. The van der Waals surface area contributed by atoms with E-state index in [0.717, 1.165) is 0 Å². The van der Waals surface area contributed by atoms with Crippen molar-refractivity contribution in [1.82, 2.24) is 0 Å². The summed E-state index contributed by atoms with van der Waals surface area (Å²) in [4.78, 5) is 36.4. The van der Waals surface area contributed by atoms with E-state index in [2.05, 4.69) is 16.8 Å². The summed E-state index contributed by atoms with van der Waals surface area (Å²) < 4.78 is 15.5. The molecule has 3 aromatic rings. The number of hydrogen-bond acceptors (Lipinski definition) is 9. The molecule has 0 bridgehead atoms. The molecule has 1 N–H and O–H groups in total. The van der Waals surface area contributed by atoms with Gasteiger partial charge < -0.3 is 19.3 Å². The highest BCUT2D eigenvalue weighted by atomic mass is 16.6. The Morgan fingerprint density at radius 3 is 2.22 bits per heavy atom. The van der Waals surface area contributed by atoms with Crippen LogP contribution in [0.3, 0.4) is 0 Å². The summed E-state index contributed by atoms with van der Waals surface area (Å²) in [6.45, 7) is 6.92. The Morgan fingerprint density at radius 2 is 1.57 bits per heavy atom. The Hall–Kier alpha value is -4.79. The molecule has 0 aliphatic heterocycles. The number of carbonyl (C=O) groups is 3. The molecule has 0 aliphatic rings. The van der Waals surface area contributed by atoms with E-state index in [1.165, 1.54) is 31.2 Å². The molecule has 0 saturated carbocycles. The van der Waals surface area contributed by atoms with Crippen LogP contribution in [0.2, 0.25) is 0 Å². The quantitative estimate of drug-likeness (QED) is 0.117. The molecule has 9 nitrogen and oxygen atoms in total. The van der Waals surface area contributed by atoms with Gasteiger partial charge in [0.25, 0.3) is 0 Å². The zero-order chi connectivity index (χ0) is 26.8. The maximum Gasteiger partial charge on any atom is 0.338 e. The van der Waals surface area contributed by atoms with E-state index >= 15 is 0 Å². The molecule has 190 valence electrons. The van der Waals surface area contributed by atoms with E-state index in [0.29, 0.717) is 17.9 Å². The van der Waals surface area contributed by atoms with Crippen molar-refractivity contribution in [2.45, 2.75) is 13.8 Å². The first kappa shape index (κ1) is 26.8. The number of rotatable bonds is 11. The van der Waals surface area contributed by atoms with Crippen LogP contribution >= 0.6 is 0 Å². The number of carbonyl (C=O) groups excluding carboxylic acids is 3. The monoisotopic (exact) mass is 502 g/mol. The van der Waals surface area contributed by atoms with Crippen LogP contribution in [0.1, 0.15) is 40.1 Å². The van der Waals surface area contributed by atoms with Crippen molar-refractivity contribution >= 4 is 29.1 Å². The van der Waals surface area contributed by atoms with Gasteiger partial charge in [0.1, 0.15) is 24.7 Å². The summed E-state index contributed by atoms with van der Waals surface area (Å²) in [5.74, 6) is -1.47. The van der Waals surface area contributed by atoms with Crippen molar-refractivity contribution in [2.75, 3.05) is 19.8 Å². The number of benzene rings is 3. The van der Waals surface area contributed by atoms with Crippen LogP contribution in [-0.2, 0) is 14.3 Å². The lowest BCUT2D eigenvalue weighted by molar-refractivity contribution is -0.140. The number of phenolic OH excluding ortho intramolecular Hbond substituents is 1. The maximum absolute atomic E-state index is 12.9. The SMILES string of the molecule is C=C(C)C(=O)OCCOC(=O)c1ccc(/N=N/c2cc(C(=O)c3ccccc3)c(O)cc2OCC)cc1. The molecule has 0 atom stereocenters. The molecular formula is C28H26N2O7. The van der Waals surface area contributed by atoms with E-state index in [4.69, 9.17) is 14.2 Å². The summed E-state index contributed by atoms with van der Waals surface area (Å²) in [7, 11) is 0. The molecule has 0 radical (unpaired) electrons. The third-order valence-electron chi connectivity index (χ3n) is 4.93. The van der Waals surface area contributed by atoms with Gasteiger partial charge in [-0.2, -0.15) is 5.11 Å². The van der Waals surface area contributed by atoms with E-state index < -0.39 is 11.9 Å². The summed E-state index contributed by atoms with van der Waals surface area (Å²) in [6, 6.07) is 17.5. The van der Waals surface area contributed by atoms with Crippen molar-refractivity contribution in [3.05, 3.63) is 95.6 Å². The topological polar surface area (TPSA) is 124 Å². The second kappa shape index (κ2) is 12.8. The van der Waals surface area contributed by atoms with Gasteiger partial charge in [0.05, 0.1) is 23.4 Å². The molecule has 9 heteroatoms. The van der Waals surface area contributed by atoms with Gasteiger partial charge in [-0.05, 0) is 44.2 Å². The number of ether oxygens (including phenoxy) is 3. The van der Waals surface area contributed by atoms with Gasteiger partial charge >= 0.3 is 11.9 Å². The fraction of sp³-hybridized carbons (Fsp3) is 0.179. The van der Waals surface area contributed by atoms with Gasteiger partial charge in [-0.15, -0.1) is 5.11 Å². The Bertz CT molecular complexity index is 1320. The Morgan fingerprint density at radius 1 is 0.892 bits per heavy atom. The van der Waals surface area contributed by atoms with Gasteiger partial charge in [-0.1, -0.05) is 36.9 Å². The van der Waals surface area contributed by atoms with E-state index in [-0.39, 0.29) is 52.9 Å². The lowest BCUT2D eigenvalue weighted by Crippen LogP contribution is -2.14. The molecular weight excluding hydrogens is 476 g/mol. The van der Waals surface area contributed by atoms with Crippen LogP contribution in [-0.4, -0.2) is 42.6 Å². The van der Waals surface area contributed by atoms with Crippen molar-refractivity contribution < 1.29 is 33.7 Å². The highest BCUT2D eigenvalue weighted by Gasteiger charge is 2.18. The predicted octanol–water partition coefficient (Wildman–Crippen LogP) is 5.71. The van der Waals surface area contributed by atoms with Crippen LogP contribution in [0.4, 0.5) is 11.4 Å². The molecule has 3 aromatic carbocycles. The van der Waals surface area contributed by atoms with Crippen molar-refractivity contribution in [3.63, 3.8) is 0 Å². The highest BCUT2D eigenvalue weighted by molar-refractivity contribution is 6.11. The minimum atomic E-state index is -0.587. The molecule has 0 aromatic heterocycles. The molecule has 0 heterocycles. The minimum absolute atomic E-state index is 0.0654. The van der Waals surface area contributed by atoms with Crippen molar-refractivity contribution in [1.29, 1.82) is 0 Å². The number of phenols is 1. The molecule has 37 heavy (non-hydrogen) atoms. The molecule has 0 aliphatic carbocycles. The predicted molar refractivity (Wildman–Crippen MR) is 136 cm³/mol. The van der Waals surface area contributed by atoms with E-state index in [9.17, 15) is 19.5 Å². The van der Waals surface area contributed by atoms with Gasteiger partial charge in [0.15, 0.2) is 11.5 Å². The largest absolute Gasteiger partial charge is 0.507 e. The van der Waals surface area contributed by atoms with Gasteiger partial charge in [-0.25, -0.2) is 9.59 Å². The Labute approximate surface area is 214 Å². The van der Waals surface area contributed by atoms with Crippen LogP contribution in [0.5, 0.6) is 11.5 Å². The van der Waals surface area contributed by atoms with Crippen LogP contribution in [0, 0.1) is 0 Å². The lowest BCUT2D eigenvalue weighted by Gasteiger charge is -2.10. The number of ketones is 1. The van der Waals surface area contributed by atoms with Crippen LogP contribution < -0.4 is 4.74 Å². The zero-order valence-electron chi connectivity index (χ0n) is 20.5. The van der Waals surface area contributed by atoms with Crippen molar-refractivity contribution in [3.8, 4) is 11.5 Å².